The Morgan fingerprint density at radius 1 is 0.524 bits per heavy atom. The lowest BCUT2D eigenvalue weighted by Crippen LogP contribution is -2.41. The number of para-hydroxylation sites is 3. The first-order valence-corrected chi connectivity index (χ1v) is 55.2. The first-order chi connectivity index (χ1) is 66.6. The molecule has 1 amide bonds. The zero-order valence-electron chi connectivity index (χ0n) is 90.5. The van der Waals surface area contributed by atoms with Crippen LogP contribution >= 0.6 is 45.6 Å². The molecule has 2 aliphatic rings. The van der Waals surface area contributed by atoms with E-state index in [1.807, 2.05) is 229 Å². The van der Waals surface area contributed by atoms with Gasteiger partial charge >= 0.3 is 0 Å². The van der Waals surface area contributed by atoms with Gasteiger partial charge in [-0.15, -0.1) is 34.0 Å². The lowest BCUT2D eigenvalue weighted by atomic mass is 9.75. The molecule has 0 bridgehead atoms. The maximum Gasteiger partial charge on any atom is 0.263 e. The second kappa shape index (κ2) is 51.4. The molecule has 14 aromatic rings. The third-order valence-corrected chi connectivity index (χ3v) is 28.7. The topological polar surface area (TPSA) is 233 Å². The molecule has 1 saturated heterocycles. The molecular formula is C115H158ClN13O9S5. The van der Waals surface area contributed by atoms with Gasteiger partial charge in [0.1, 0.15) is 34.3 Å². The molecule has 0 spiro atoms. The van der Waals surface area contributed by atoms with E-state index in [1.54, 1.807) is 78.3 Å². The van der Waals surface area contributed by atoms with Crippen molar-refractivity contribution in [3.8, 4) is 49.7 Å². The van der Waals surface area contributed by atoms with Crippen molar-refractivity contribution in [3.63, 3.8) is 0 Å². The molecule has 143 heavy (non-hydrogen) atoms. The van der Waals surface area contributed by atoms with Crippen molar-refractivity contribution in [2.24, 2.45) is 29.2 Å². The van der Waals surface area contributed by atoms with Crippen LogP contribution in [0.15, 0.2) is 263 Å². The highest BCUT2D eigenvalue weighted by atomic mass is 35.5. The number of furan rings is 1. The number of likely N-dealkylation sites (tertiary alicyclic amines) is 1. The van der Waals surface area contributed by atoms with E-state index < -0.39 is 20.0 Å². The van der Waals surface area contributed by atoms with Crippen molar-refractivity contribution < 1.29 is 40.3 Å². The summed E-state index contributed by atoms with van der Waals surface area (Å²) in [5.74, 6) is 2.69. The zero-order chi connectivity index (χ0) is 106. The number of aromatic nitrogens is 10. The molecule has 0 N–H and O–H groups in total. The van der Waals surface area contributed by atoms with Crippen LogP contribution in [0.5, 0.6) is 11.5 Å². The van der Waals surface area contributed by atoms with Gasteiger partial charge in [-0.25, -0.2) is 45.2 Å². The number of methoxy groups -OCH3 is 1. The number of hydrogen-bond acceptors (Lipinski definition) is 18. The Kier molecular flexibility index (Phi) is 42.3. The van der Waals surface area contributed by atoms with E-state index in [1.165, 1.54) is 31.8 Å². The first kappa shape index (κ1) is 118. The molecule has 2 aliphatic heterocycles. The van der Waals surface area contributed by atoms with E-state index in [-0.39, 0.29) is 49.2 Å². The lowest BCUT2D eigenvalue weighted by molar-refractivity contribution is 0.0514. The number of aryl methyl sites for hydroxylation is 2. The number of amides is 1. The van der Waals surface area contributed by atoms with Gasteiger partial charge in [-0.2, -0.15) is 20.4 Å². The minimum absolute atomic E-state index is 0.0224. The van der Waals surface area contributed by atoms with Gasteiger partial charge < -0.3 is 23.5 Å². The minimum Gasteiger partial charge on any atom is -0.493 e. The number of hydrogen-bond donors (Lipinski definition) is 0. The van der Waals surface area contributed by atoms with E-state index in [4.69, 9.17) is 30.2 Å². The zero-order valence-corrected chi connectivity index (χ0v) is 95.3. The van der Waals surface area contributed by atoms with E-state index in [9.17, 15) is 21.6 Å². The van der Waals surface area contributed by atoms with E-state index in [0.29, 0.717) is 36.6 Å². The quantitative estimate of drug-likeness (QED) is 0.0818. The van der Waals surface area contributed by atoms with Crippen LogP contribution in [0.3, 0.4) is 0 Å². The van der Waals surface area contributed by atoms with Crippen LogP contribution in [0.4, 0.5) is 5.69 Å². The Morgan fingerprint density at radius 2 is 1.04 bits per heavy atom. The summed E-state index contributed by atoms with van der Waals surface area (Å²) >= 11 is 10.8. The van der Waals surface area contributed by atoms with Crippen LogP contribution < -0.4 is 13.8 Å². The molecule has 22 nitrogen and oxygen atoms in total. The number of nitrogens with zero attached hydrogens (tertiary/aromatic N) is 13. The summed E-state index contributed by atoms with van der Waals surface area (Å²) in [5.41, 5.74) is 15.1. The van der Waals surface area contributed by atoms with E-state index >= 15 is 0 Å². The van der Waals surface area contributed by atoms with Crippen molar-refractivity contribution in [2.75, 3.05) is 70.7 Å². The molecule has 8 aromatic heterocycles. The Hall–Kier alpha value is -10.6. The van der Waals surface area contributed by atoms with Gasteiger partial charge in [0.15, 0.2) is 5.75 Å². The number of halogens is 1. The van der Waals surface area contributed by atoms with Gasteiger partial charge in [0.25, 0.3) is 5.91 Å². The molecular weight excluding hydrogens is 1900 g/mol. The molecule has 774 valence electrons. The molecule has 16 rings (SSSR count). The van der Waals surface area contributed by atoms with Crippen molar-refractivity contribution >= 4 is 77.3 Å². The van der Waals surface area contributed by atoms with Crippen LogP contribution in [-0.4, -0.2) is 147 Å². The monoisotopic (exact) mass is 2060 g/mol. The summed E-state index contributed by atoms with van der Waals surface area (Å²) in [5, 5.41) is 26.9. The van der Waals surface area contributed by atoms with Gasteiger partial charge in [0.2, 0.25) is 20.0 Å². The summed E-state index contributed by atoms with van der Waals surface area (Å²) in [6.45, 7) is 63.3. The normalized spacial score (nSPS) is 13.3. The van der Waals surface area contributed by atoms with E-state index in [0.717, 1.165) is 151 Å². The lowest BCUT2D eigenvalue weighted by Gasteiger charge is -2.38. The number of carbonyl (C=O) groups is 1. The Bertz CT molecular complexity index is 6380. The van der Waals surface area contributed by atoms with Gasteiger partial charge in [-0.3, -0.25) is 13.8 Å². The summed E-state index contributed by atoms with van der Waals surface area (Å²) in [6, 6.07) is 62.3. The van der Waals surface area contributed by atoms with Crippen LogP contribution in [0.2, 0.25) is 5.02 Å². The number of sulfonamides is 2. The van der Waals surface area contributed by atoms with Crippen LogP contribution in [0.1, 0.15) is 255 Å². The van der Waals surface area contributed by atoms with Gasteiger partial charge in [-0.1, -0.05) is 296 Å². The molecule has 6 aromatic carbocycles. The number of ether oxygens (including phenoxy) is 3. The molecule has 0 radical (unpaired) electrons. The number of carbonyl (C=O) groups excluding carboxylic acids is 1. The summed E-state index contributed by atoms with van der Waals surface area (Å²) in [7, 11) is -1.27. The average molecular weight is 2060 g/mol. The van der Waals surface area contributed by atoms with E-state index in [2.05, 4.69) is 232 Å². The van der Waals surface area contributed by atoms with Crippen LogP contribution in [0.25, 0.3) is 38.2 Å². The molecule has 0 unspecified atom stereocenters. The van der Waals surface area contributed by atoms with Gasteiger partial charge in [-0.05, 0) is 167 Å². The van der Waals surface area contributed by atoms with Gasteiger partial charge in [0.05, 0.1) is 101 Å². The summed E-state index contributed by atoms with van der Waals surface area (Å²) < 4.78 is 79.6. The second-order valence-corrected chi connectivity index (χ2v) is 52.6. The van der Waals surface area contributed by atoms with Crippen molar-refractivity contribution in [2.45, 2.75) is 250 Å². The summed E-state index contributed by atoms with van der Waals surface area (Å²) in [6.07, 6.45) is 18.6. The van der Waals surface area contributed by atoms with Crippen molar-refractivity contribution in [3.05, 3.63) is 303 Å². The fourth-order valence-electron chi connectivity index (χ4n) is 14.6. The largest absolute Gasteiger partial charge is 0.493 e. The second-order valence-electron chi connectivity index (χ2n) is 45.5. The molecule has 1 fully saturated rings. The van der Waals surface area contributed by atoms with Crippen molar-refractivity contribution in [1.82, 2.24) is 58.3 Å². The van der Waals surface area contributed by atoms with Crippen LogP contribution in [-0.2, 0) is 70.7 Å². The van der Waals surface area contributed by atoms with Gasteiger partial charge in [0, 0.05) is 113 Å². The predicted molar refractivity (Wildman–Crippen MR) is 596 cm³/mol. The smallest absolute Gasteiger partial charge is 0.263 e. The molecule has 0 saturated carbocycles. The Morgan fingerprint density at radius 3 is 1.48 bits per heavy atom. The Labute approximate surface area is 872 Å². The molecule has 28 heteroatoms. The maximum absolute atomic E-state index is 12.2. The van der Waals surface area contributed by atoms with Crippen molar-refractivity contribution in [1.29, 1.82) is 0 Å². The first-order valence-electron chi connectivity index (χ1n) is 48.9. The average Bonchev–Trinajstić information content (AvgIpc) is 1.76. The fourth-order valence-corrected chi connectivity index (χ4v) is 20.0. The number of rotatable bonds is 16. The number of anilines is 1. The maximum atomic E-state index is 12.2. The molecule has 0 aliphatic carbocycles. The summed E-state index contributed by atoms with van der Waals surface area (Å²) in [4.78, 5) is 24.6. The standard InChI is InChI=1S/C14H18N2O.C14H21NO2S.C14H21NOS.C13H15ClN2.C13H16N2.C13H20O2.C12H19NO2S.C11H15N3S.C11H13NOS/c1-14(2,3)13-12(17-4)10-16(15-13)11-8-6-5-7-9-11;1-14(2,3)12-7-8-13-11(10-12)6-5-9-15(13)18(4,16)17;1-14(2,3)11-6-8-15(9-7-11)13(16)12-5-4-10-17-12;1-13(2,3)12-7-8-16(15-12)11-6-4-5-10(14)9-11;1-13(2,3)12-9-10-15(14-12)11-7-5-4-6-8-11;1-13(2,3)11-14-9-10-15-12-7-5-4-6-8-12;1-12(2,3)10-13(4)16(14,15)11-8-6-5-7-9-11;1-11(2,3)9-7-15-10(13-9)8-5-12-14(4)6-8;1-11(2,3)9-7-14-10(12-9)8-4-5-13-6-8/h5-10H,1-4H3;7-8,10H,5-6,9H2,1-4H3;4-5,10-11H,6-9H2,1-3H3;4-9H,1-3H3;4-10H,1-3H3;4-8H,9-11H2,1-3H3;5-9H,10H2,1-4H3;5-7H,1-4H3;4-7H,1-3H3. The Balaban J connectivity index is 0.000000197. The SMILES string of the molecule is CC(C)(C)C1CCN(C(=O)c2cccs2)CC1.CC(C)(C)COCCOc1ccccc1.CC(C)(C)c1ccc2c(c1)CCCN2S(C)(=O)=O.CC(C)(C)c1ccn(-c2cccc(Cl)c2)n1.CC(C)(C)c1ccn(-c2ccccc2)n1.CC(C)(C)c1csc(-c2ccoc2)n1.CN(CC(C)(C)C)S(=O)(=O)c1ccccc1.COc1cn(-c2ccccc2)nc1C(C)(C)C.Cn1cc(-c2nc(C(C)(C)C)cs2)cn1. The number of fused-ring (bicyclic) bond motifs is 1. The fraction of sp³-hybridized carbons (Fsp3) is 0.452. The molecule has 10 heterocycles. The minimum atomic E-state index is -3.34. The third kappa shape index (κ3) is 38.4. The number of benzene rings is 6. The highest BCUT2D eigenvalue weighted by molar-refractivity contribution is 7.92. The molecule has 0 atom stereocenters. The number of thiophene rings is 1. The number of piperidine rings is 1. The highest BCUT2D eigenvalue weighted by Crippen LogP contribution is 2.39. The van der Waals surface area contributed by atoms with Crippen LogP contribution in [0, 0.1) is 22.2 Å². The number of thiazole rings is 2. The highest BCUT2D eigenvalue weighted by Gasteiger charge is 2.33. The third-order valence-electron chi connectivity index (χ3n) is 22.8. The predicted octanol–water partition coefficient (Wildman–Crippen LogP) is 28.5.